The fraction of sp³-hybridized carbons (Fsp3) is 0.842. The van der Waals surface area contributed by atoms with Crippen LogP contribution in [0.5, 0.6) is 0 Å². The van der Waals surface area contributed by atoms with Crippen LogP contribution in [0.2, 0.25) is 0 Å². The number of phosphoric ester groups is 1. The van der Waals surface area contributed by atoms with Crippen LogP contribution in [0.25, 0.3) is 0 Å². The van der Waals surface area contributed by atoms with Crippen molar-refractivity contribution in [3.63, 3.8) is 0 Å². The van der Waals surface area contributed by atoms with E-state index < -0.39 is 51.8 Å². The van der Waals surface area contributed by atoms with Crippen molar-refractivity contribution in [3.8, 4) is 0 Å². The van der Waals surface area contributed by atoms with E-state index in [0.29, 0.717) is 12.8 Å². The van der Waals surface area contributed by atoms with Crippen molar-refractivity contribution in [2.45, 2.75) is 180 Å². The number of allylic oxidation sites excluding steroid dienone is 4. The van der Waals surface area contributed by atoms with E-state index >= 15 is 0 Å². The average Bonchev–Trinajstić information content (AvgIpc) is 3.09. The summed E-state index contributed by atoms with van der Waals surface area (Å²) in [5.74, 6) is -0.944. The van der Waals surface area contributed by atoms with Gasteiger partial charge in [0.1, 0.15) is 12.7 Å². The van der Waals surface area contributed by atoms with Gasteiger partial charge in [0.15, 0.2) is 6.10 Å². The van der Waals surface area contributed by atoms with Gasteiger partial charge in [-0.1, -0.05) is 141 Å². The Morgan fingerprint density at radius 1 is 0.612 bits per heavy atom. The summed E-state index contributed by atoms with van der Waals surface area (Å²) in [6.45, 7) is 2.30. The van der Waals surface area contributed by atoms with Gasteiger partial charge in [-0.2, -0.15) is 0 Å². The first-order valence-electron chi connectivity index (χ1n) is 19.3. The second kappa shape index (κ2) is 34.9. The number of carbonyl (C=O) groups is 2. The van der Waals surface area contributed by atoms with Crippen LogP contribution in [0.1, 0.15) is 168 Å². The highest BCUT2D eigenvalue weighted by molar-refractivity contribution is 7.47. The molecule has 0 aromatic heterocycles. The molecule has 3 unspecified atom stereocenters. The monoisotopic (exact) mass is 718 g/mol. The maximum Gasteiger partial charge on any atom is 0.472 e. The number of hydrogen-bond donors (Lipinski definition) is 3. The number of rotatable bonds is 36. The van der Waals surface area contributed by atoms with Crippen molar-refractivity contribution in [1.82, 2.24) is 0 Å². The standard InChI is InChI=1S/C38H71O10P/c1-3-5-7-9-11-13-15-17-19-21-23-25-27-29-37(41)45-33-36(34-47-49(43,44)46-32-35(40)31-39)48-38(42)30-28-26-24-22-20-18-16-14-12-10-8-6-4-2/h10,12,16,18,35-36,39-40H,3-9,11,13-15,17,19-34H2,1-2H3,(H,43,44)/b12-10-,18-16-. The van der Waals surface area contributed by atoms with Gasteiger partial charge in [0.25, 0.3) is 0 Å². The lowest BCUT2D eigenvalue weighted by Gasteiger charge is -2.20. The molecule has 0 spiro atoms. The van der Waals surface area contributed by atoms with Gasteiger partial charge in [-0.05, 0) is 38.5 Å². The quantitative estimate of drug-likeness (QED) is 0.0248. The molecule has 3 N–H and O–H groups in total. The average molecular weight is 719 g/mol. The van der Waals surface area contributed by atoms with Crippen molar-refractivity contribution in [3.05, 3.63) is 24.3 Å². The van der Waals surface area contributed by atoms with Crippen molar-refractivity contribution < 1.29 is 47.8 Å². The molecular weight excluding hydrogens is 647 g/mol. The summed E-state index contributed by atoms with van der Waals surface area (Å²) in [4.78, 5) is 34.8. The zero-order valence-corrected chi connectivity index (χ0v) is 31.8. The summed E-state index contributed by atoms with van der Waals surface area (Å²) in [6.07, 6.45) is 31.4. The highest BCUT2D eigenvalue weighted by atomic mass is 31.2. The van der Waals surface area contributed by atoms with E-state index in [-0.39, 0.29) is 19.4 Å². The third-order valence-electron chi connectivity index (χ3n) is 8.11. The van der Waals surface area contributed by atoms with Gasteiger partial charge < -0.3 is 24.6 Å². The first kappa shape index (κ1) is 47.4. The summed E-state index contributed by atoms with van der Waals surface area (Å²) in [5.41, 5.74) is 0. The largest absolute Gasteiger partial charge is 0.472 e. The first-order chi connectivity index (χ1) is 23.7. The molecule has 0 radical (unpaired) electrons. The number of ether oxygens (including phenoxy) is 2. The van der Waals surface area contributed by atoms with Crippen LogP contribution in [-0.4, -0.2) is 65.7 Å². The maximum atomic E-state index is 12.5. The smallest absolute Gasteiger partial charge is 0.462 e. The van der Waals surface area contributed by atoms with E-state index in [2.05, 4.69) is 42.7 Å². The predicted octanol–water partition coefficient (Wildman–Crippen LogP) is 9.44. The maximum absolute atomic E-state index is 12.5. The second-order valence-electron chi connectivity index (χ2n) is 13.0. The Labute approximate surface area is 298 Å². The molecule has 0 heterocycles. The fourth-order valence-electron chi connectivity index (χ4n) is 5.07. The molecule has 0 saturated heterocycles. The molecule has 11 heteroatoms. The molecule has 10 nitrogen and oxygen atoms in total. The van der Waals surface area contributed by atoms with Crippen molar-refractivity contribution in [2.75, 3.05) is 26.4 Å². The van der Waals surface area contributed by atoms with Gasteiger partial charge >= 0.3 is 19.8 Å². The van der Waals surface area contributed by atoms with Gasteiger partial charge in [-0.3, -0.25) is 18.6 Å². The first-order valence-corrected chi connectivity index (χ1v) is 20.8. The van der Waals surface area contributed by atoms with E-state index in [4.69, 9.17) is 19.1 Å². The molecule has 0 aliphatic carbocycles. The molecule has 0 aromatic carbocycles. The Balaban J connectivity index is 4.39. The zero-order valence-electron chi connectivity index (χ0n) is 30.9. The number of aliphatic hydroxyl groups excluding tert-OH is 2. The molecule has 288 valence electrons. The van der Waals surface area contributed by atoms with Crippen LogP contribution in [-0.2, 0) is 32.7 Å². The normalized spacial score (nSPS) is 14.3. The van der Waals surface area contributed by atoms with Crippen LogP contribution >= 0.6 is 7.82 Å². The Morgan fingerprint density at radius 2 is 1.08 bits per heavy atom. The van der Waals surface area contributed by atoms with E-state index in [1.807, 2.05) is 0 Å². The highest BCUT2D eigenvalue weighted by Gasteiger charge is 2.27. The van der Waals surface area contributed by atoms with Crippen molar-refractivity contribution in [1.29, 1.82) is 0 Å². The van der Waals surface area contributed by atoms with E-state index in [0.717, 1.165) is 57.8 Å². The molecule has 0 aliphatic rings. The summed E-state index contributed by atoms with van der Waals surface area (Å²) in [7, 11) is -4.61. The number of unbranched alkanes of at least 4 members (excludes halogenated alkanes) is 18. The Kier molecular flexibility index (Phi) is 33.8. The molecule has 0 aliphatic heterocycles. The van der Waals surface area contributed by atoms with E-state index in [1.54, 1.807) is 0 Å². The van der Waals surface area contributed by atoms with E-state index in [1.165, 1.54) is 70.6 Å². The fourth-order valence-corrected chi connectivity index (χ4v) is 5.86. The van der Waals surface area contributed by atoms with Crippen LogP contribution in [0, 0.1) is 0 Å². The highest BCUT2D eigenvalue weighted by Crippen LogP contribution is 2.43. The molecule has 0 saturated carbocycles. The van der Waals surface area contributed by atoms with Crippen molar-refractivity contribution in [2.24, 2.45) is 0 Å². The number of phosphoric acid groups is 1. The molecule has 49 heavy (non-hydrogen) atoms. The molecule has 0 rings (SSSR count). The number of hydrogen-bond acceptors (Lipinski definition) is 9. The summed E-state index contributed by atoms with van der Waals surface area (Å²) >= 11 is 0. The molecule has 0 amide bonds. The van der Waals surface area contributed by atoms with Gasteiger partial charge in [0.2, 0.25) is 0 Å². The Bertz CT molecular complexity index is 879. The zero-order chi connectivity index (χ0) is 36.3. The van der Waals surface area contributed by atoms with Crippen LogP contribution in [0.4, 0.5) is 0 Å². The Hall–Kier alpha value is -1.55. The van der Waals surface area contributed by atoms with Gasteiger partial charge in [0, 0.05) is 12.8 Å². The number of aliphatic hydroxyl groups is 2. The Morgan fingerprint density at radius 3 is 1.63 bits per heavy atom. The van der Waals surface area contributed by atoms with Crippen molar-refractivity contribution >= 4 is 19.8 Å². The number of carbonyl (C=O) groups excluding carboxylic acids is 2. The van der Waals surface area contributed by atoms with Crippen LogP contribution in [0.15, 0.2) is 24.3 Å². The minimum absolute atomic E-state index is 0.164. The summed E-state index contributed by atoms with van der Waals surface area (Å²) in [5, 5.41) is 18.3. The lowest BCUT2D eigenvalue weighted by Crippen LogP contribution is -2.29. The third-order valence-corrected chi connectivity index (χ3v) is 9.06. The number of esters is 2. The lowest BCUT2D eigenvalue weighted by atomic mass is 10.0. The second-order valence-corrected chi connectivity index (χ2v) is 14.4. The molecular formula is C38H71O10P. The van der Waals surface area contributed by atoms with Crippen LogP contribution in [0.3, 0.4) is 0 Å². The third kappa shape index (κ3) is 34.7. The van der Waals surface area contributed by atoms with Gasteiger partial charge in [-0.15, -0.1) is 0 Å². The topological polar surface area (TPSA) is 149 Å². The van der Waals surface area contributed by atoms with Crippen LogP contribution < -0.4 is 0 Å². The molecule has 0 aromatic rings. The molecule has 0 fully saturated rings. The summed E-state index contributed by atoms with van der Waals surface area (Å²) in [6, 6.07) is 0. The molecule has 0 bridgehead atoms. The predicted molar refractivity (Wildman–Crippen MR) is 196 cm³/mol. The SMILES string of the molecule is CCCC/C=C\C/C=C\CCCCCCC(=O)OC(COC(=O)CCCCCCCCCCCCCCC)COP(=O)(O)OCC(O)CO. The van der Waals surface area contributed by atoms with Gasteiger partial charge in [0.05, 0.1) is 19.8 Å². The van der Waals surface area contributed by atoms with E-state index in [9.17, 15) is 24.2 Å². The minimum Gasteiger partial charge on any atom is -0.462 e. The molecule has 3 atom stereocenters. The summed E-state index contributed by atoms with van der Waals surface area (Å²) < 4.78 is 32.6. The lowest BCUT2D eigenvalue weighted by molar-refractivity contribution is -0.161. The minimum atomic E-state index is -4.61. The van der Waals surface area contributed by atoms with Gasteiger partial charge in [-0.25, -0.2) is 4.57 Å².